The van der Waals surface area contributed by atoms with E-state index < -0.39 is 12.0 Å². The summed E-state index contributed by atoms with van der Waals surface area (Å²) in [5.74, 6) is -0.873. The molecule has 7 heteroatoms. The molecule has 1 aromatic carbocycles. The van der Waals surface area contributed by atoms with Crippen LogP contribution in [0, 0.1) is 0 Å². The molecule has 0 atom stereocenters. The van der Waals surface area contributed by atoms with Crippen LogP contribution in [-0.2, 0) is 0 Å². The molecule has 0 saturated carbocycles. The summed E-state index contributed by atoms with van der Waals surface area (Å²) in [6.45, 7) is 0. The molecule has 0 aliphatic heterocycles. The zero-order chi connectivity index (χ0) is 13.4. The Kier molecular flexibility index (Phi) is 6.12. The molecule has 0 saturated heterocycles. The first kappa shape index (κ1) is 14.7. The lowest BCUT2D eigenvalue weighted by Gasteiger charge is -1.99. The van der Waals surface area contributed by atoms with E-state index in [0.29, 0.717) is 0 Å². The van der Waals surface area contributed by atoms with E-state index in [1.54, 1.807) is 12.1 Å². The number of hydrogen-bond acceptors (Lipinski definition) is 4. The molecule has 0 unspecified atom stereocenters. The monoisotopic (exact) mass is 242 g/mol. The van der Waals surface area contributed by atoms with E-state index in [0.717, 1.165) is 4.90 Å². The summed E-state index contributed by atoms with van der Waals surface area (Å²) in [4.78, 5) is 21.4. The minimum atomic E-state index is -0.907. The molecule has 94 valence electrons. The Hall–Kier alpha value is -2.28. The van der Waals surface area contributed by atoms with Crippen molar-refractivity contribution in [3.05, 3.63) is 29.8 Å². The average molecular weight is 242 g/mol. The number of carbonyl (C=O) groups excluding carboxylic acids is 1. The number of benzene rings is 1. The van der Waals surface area contributed by atoms with Crippen LogP contribution in [-0.4, -0.2) is 46.4 Å². The summed E-state index contributed by atoms with van der Waals surface area (Å²) >= 11 is 0. The number of amides is 2. The quantitative estimate of drug-likeness (QED) is 0.429. The summed E-state index contributed by atoms with van der Waals surface area (Å²) in [6.07, 6.45) is -0.907. The number of phenols is 1. The zero-order valence-electron chi connectivity index (χ0n) is 9.41. The lowest BCUT2D eigenvalue weighted by Crippen LogP contribution is -2.18. The van der Waals surface area contributed by atoms with Crippen LogP contribution >= 0.6 is 0 Å². The summed E-state index contributed by atoms with van der Waals surface area (Å²) in [6, 6.07) is 5.94. The number of rotatable bonds is 1. The Morgan fingerprint density at radius 3 is 2.06 bits per heavy atom. The van der Waals surface area contributed by atoms with Crippen molar-refractivity contribution in [1.82, 2.24) is 10.4 Å². The first-order valence-electron chi connectivity index (χ1n) is 4.52. The van der Waals surface area contributed by atoms with Crippen molar-refractivity contribution in [2.45, 2.75) is 0 Å². The van der Waals surface area contributed by atoms with Crippen LogP contribution in [0.25, 0.3) is 0 Å². The van der Waals surface area contributed by atoms with Gasteiger partial charge in [-0.1, -0.05) is 12.1 Å². The van der Waals surface area contributed by atoms with Gasteiger partial charge in [-0.3, -0.25) is 10.0 Å². The van der Waals surface area contributed by atoms with Crippen molar-refractivity contribution in [3.8, 4) is 5.75 Å². The number of nitrogens with zero attached hydrogens (tertiary/aromatic N) is 1. The van der Waals surface area contributed by atoms with Gasteiger partial charge in [0.15, 0.2) is 0 Å². The second-order valence-corrected chi connectivity index (χ2v) is 3.14. The van der Waals surface area contributed by atoms with Crippen LogP contribution in [0.4, 0.5) is 4.79 Å². The largest absolute Gasteiger partial charge is 0.507 e. The SMILES string of the molecule is CN(C)C(=O)O.O=C(NO)c1ccccc1O. The van der Waals surface area contributed by atoms with Gasteiger partial charge in [-0.05, 0) is 12.1 Å². The van der Waals surface area contributed by atoms with Crippen molar-refractivity contribution >= 4 is 12.0 Å². The van der Waals surface area contributed by atoms with Crippen LogP contribution in [0.15, 0.2) is 24.3 Å². The normalized spacial score (nSPS) is 8.65. The zero-order valence-corrected chi connectivity index (χ0v) is 9.41. The van der Waals surface area contributed by atoms with E-state index in [-0.39, 0.29) is 11.3 Å². The molecule has 0 aromatic heterocycles. The highest BCUT2D eigenvalue weighted by molar-refractivity contribution is 5.95. The van der Waals surface area contributed by atoms with Crippen LogP contribution < -0.4 is 5.48 Å². The van der Waals surface area contributed by atoms with E-state index in [1.807, 2.05) is 0 Å². The maximum Gasteiger partial charge on any atom is 0.406 e. The second-order valence-electron chi connectivity index (χ2n) is 3.14. The molecule has 0 radical (unpaired) electrons. The van der Waals surface area contributed by atoms with Gasteiger partial charge in [0.05, 0.1) is 5.56 Å². The number of carbonyl (C=O) groups is 2. The molecule has 0 aliphatic rings. The maximum atomic E-state index is 10.7. The van der Waals surface area contributed by atoms with Gasteiger partial charge in [-0.25, -0.2) is 10.3 Å². The fourth-order valence-corrected chi connectivity index (χ4v) is 0.726. The molecule has 0 bridgehead atoms. The Bertz CT molecular complexity index is 392. The number of aromatic hydroxyl groups is 1. The van der Waals surface area contributed by atoms with Gasteiger partial charge in [0, 0.05) is 14.1 Å². The molecule has 0 heterocycles. The smallest absolute Gasteiger partial charge is 0.406 e. The Morgan fingerprint density at radius 1 is 1.24 bits per heavy atom. The van der Waals surface area contributed by atoms with Gasteiger partial charge in [0.2, 0.25) is 0 Å². The third kappa shape index (κ3) is 5.38. The molecule has 17 heavy (non-hydrogen) atoms. The fraction of sp³-hybridized carbons (Fsp3) is 0.200. The molecule has 0 spiro atoms. The van der Waals surface area contributed by atoms with Crippen LogP contribution in [0.5, 0.6) is 5.75 Å². The second kappa shape index (κ2) is 7.07. The molecule has 0 fully saturated rings. The van der Waals surface area contributed by atoms with E-state index in [1.165, 1.54) is 31.7 Å². The highest BCUT2D eigenvalue weighted by Crippen LogP contribution is 2.14. The molecule has 2 amide bonds. The third-order valence-electron chi connectivity index (χ3n) is 1.63. The molecule has 1 aromatic rings. The van der Waals surface area contributed by atoms with Gasteiger partial charge in [-0.15, -0.1) is 0 Å². The summed E-state index contributed by atoms with van der Waals surface area (Å²) in [5, 5.41) is 25.2. The maximum absolute atomic E-state index is 10.7. The molecule has 7 nitrogen and oxygen atoms in total. The first-order chi connectivity index (χ1) is 7.90. The standard InChI is InChI=1S/C7H7NO3.C3H7NO2/c9-6-4-2-1-3-5(6)7(10)8-11;1-4(2)3(5)6/h1-4,9,11H,(H,8,10);1-2H3,(H,5,6). The Balaban J connectivity index is 0.000000366. The van der Waals surface area contributed by atoms with E-state index in [9.17, 15) is 9.59 Å². The predicted octanol–water partition coefficient (Wildman–Crippen LogP) is 0.737. The van der Waals surface area contributed by atoms with E-state index in [2.05, 4.69) is 0 Å². The van der Waals surface area contributed by atoms with Crippen molar-refractivity contribution in [2.24, 2.45) is 0 Å². The van der Waals surface area contributed by atoms with Gasteiger partial charge in [-0.2, -0.15) is 0 Å². The summed E-state index contributed by atoms with van der Waals surface area (Å²) in [5.41, 5.74) is 1.47. The van der Waals surface area contributed by atoms with Crippen LogP contribution in [0.1, 0.15) is 10.4 Å². The van der Waals surface area contributed by atoms with Gasteiger partial charge in [0.1, 0.15) is 5.75 Å². The lowest BCUT2D eigenvalue weighted by atomic mass is 10.2. The van der Waals surface area contributed by atoms with Gasteiger partial charge < -0.3 is 15.1 Å². The minimum Gasteiger partial charge on any atom is -0.507 e. The number of hydroxylamine groups is 1. The van der Waals surface area contributed by atoms with E-state index in [4.69, 9.17) is 15.4 Å². The van der Waals surface area contributed by atoms with Gasteiger partial charge in [0.25, 0.3) is 5.91 Å². The number of para-hydroxylation sites is 1. The first-order valence-corrected chi connectivity index (χ1v) is 4.52. The van der Waals surface area contributed by atoms with Crippen molar-refractivity contribution in [1.29, 1.82) is 0 Å². The highest BCUT2D eigenvalue weighted by Gasteiger charge is 2.07. The van der Waals surface area contributed by atoms with Crippen molar-refractivity contribution in [3.63, 3.8) is 0 Å². The number of hydrogen-bond donors (Lipinski definition) is 4. The Morgan fingerprint density at radius 2 is 1.71 bits per heavy atom. The van der Waals surface area contributed by atoms with Crippen LogP contribution in [0.3, 0.4) is 0 Å². The predicted molar refractivity (Wildman–Crippen MR) is 59.1 cm³/mol. The molecule has 1 rings (SSSR count). The molecular formula is C10H14N2O5. The molecule has 0 aliphatic carbocycles. The van der Waals surface area contributed by atoms with Crippen molar-refractivity contribution < 1.29 is 25.0 Å². The van der Waals surface area contributed by atoms with Crippen LogP contribution in [0.2, 0.25) is 0 Å². The average Bonchev–Trinajstić information content (AvgIpc) is 2.29. The van der Waals surface area contributed by atoms with Crippen molar-refractivity contribution in [2.75, 3.05) is 14.1 Å². The number of carboxylic acid groups (broad SMARTS) is 1. The number of phenolic OH excluding ortho intramolecular Hbond substituents is 1. The topological polar surface area (TPSA) is 110 Å². The Labute approximate surface area is 97.9 Å². The molecular weight excluding hydrogens is 228 g/mol. The van der Waals surface area contributed by atoms with Gasteiger partial charge >= 0.3 is 6.09 Å². The summed E-state index contributed by atoms with van der Waals surface area (Å²) in [7, 11) is 2.95. The highest BCUT2D eigenvalue weighted by atomic mass is 16.5. The number of nitrogens with one attached hydrogen (secondary N) is 1. The van der Waals surface area contributed by atoms with E-state index >= 15 is 0 Å². The molecule has 4 N–H and O–H groups in total. The summed E-state index contributed by atoms with van der Waals surface area (Å²) < 4.78 is 0. The minimum absolute atomic E-state index is 0.0509. The lowest BCUT2D eigenvalue weighted by molar-refractivity contribution is 0.0703. The fourth-order valence-electron chi connectivity index (χ4n) is 0.726. The third-order valence-corrected chi connectivity index (χ3v) is 1.63.